The Balaban J connectivity index is 2.12. The zero-order chi connectivity index (χ0) is 19.1. The second-order valence-electron chi connectivity index (χ2n) is 6.27. The number of ketones is 1. The molecule has 6 nitrogen and oxygen atoms in total. The molecule has 0 amide bonds. The van der Waals surface area contributed by atoms with Crippen molar-refractivity contribution in [2.45, 2.75) is 13.8 Å². The van der Waals surface area contributed by atoms with Crippen LogP contribution in [0.1, 0.15) is 13.8 Å². The van der Waals surface area contributed by atoms with Crippen LogP contribution < -0.4 is 5.56 Å². The maximum atomic E-state index is 13.1. The van der Waals surface area contributed by atoms with Crippen LogP contribution in [0.3, 0.4) is 0 Å². The van der Waals surface area contributed by atoms with E-state index in [0.717, 1.165) is 20.9 Å². The Labute approximate surface area is 162 Å². The van der Waals surface area contributed by atoms with Gasteiger partial charge in [0.05, 0.1) is 22.1 Å². The third kappa shape index (κ3) is 3.00. The van der Waals surface area contributed by atoms with Crippen LogP contribution in [0.2, 0.25) is 0 Å². The lowest BCUT2D eigenvalue weighted by molar-refractivity contribution is -0.112. The number of fused-ring (bicyclic) bond motifs is 4. The summed E-state index contributed by atoms with van der Waals surface area (Å²) in [4.78, 5) is 27.6. The van der Waals surface area contributed by atoms with Crippen molar-refractivity contribution in [1.82, 2.24) is 9.38 Å². The third-order valence-electron chi connectivity index (χ3n) is 4.24. The number of carbonyl (C=O) groups excluding carboxylic acids is 1. The highest BCUT2D eigenvalue weighted by Gasteiger charge is 2.16. The Morgan fingerprint density at radius 2 is 1.93 bits per heavy atom. The van der Waals surface area contributed by atoms with Crippen molar-refractivity contribution in [2.24, 2.45) is 10.2 Å². The molecule has 0 aliphatic rings. The van der Waals surface area contributed by atoms with Gasteiger partial charge in [-0.25, -0.2) is 0 Å². The van der Waals surface area contributed by atoms with Crippen LogP contribution in [0.25, 0.3) is 27.5 Å². The summed E-state index contributed by atoms with van der Waals surface area (Å²) in [5.41, 5.74) is 2.94. The van der Waals surface area contributed by atoms with Gasteiger partial charge in [0, 0.05) is 15.9 Å². The standard InChI is InChI=1S/C20H15BrN4O2/c1-11(9-12(2)26)23-24-18-15-10-13(21)7-8-17(15)25-19(18)22-16-6-4-3-5-14(16)20(25)27/h3-10,22H,1-2H3. The van der Waals surface area contributed by atoms with Crippen molar-refractivity contribution in [3.8, 4) is 0 Å². The number of H-pyrrole nitrogens is 1. The van der Waals surface area contributed by atoms with Crippen LogP contribution >= 0.6 is 15.9 Å². The van der Waals surface area contributed by atoms with Gasteiger partial charge in [-0.15, -0.1) is 5.11 Å². The molecule has 2 heterocycles. The average molecular weight is 423 g/mol. The van der Waals surface area contributed by atoms with E-state index in [-0.39, 0.29) is 11.3 Å². The molecule has 0 atom stereocenters. The van der Waals surface area contributed by atoms with E-state index < -0.39 is 0 Å². The first-order valence-corrected chi connectivity index (χ1v) is 9.10. The predicted octanol–water partition coefficient (Wildman–Crippen LogP) is 5.27. The molecule has 0 aliphatic heterocycles. The minimum atomic E-state index is -0.121. The molecule has 1 N–H and O–H groups in total. The molecule has 0 fully saturated rings. The van der Waals surface area contributed by atoms with Gasteiger partial charge in [0.1, 0.15) is 11.3 Å². The Morgan fingerprint density at radius 1 is 1.15 bits per heavy atom. The van der Waals surface area contributed by atoms with Gasteiger partial charge in [-0.05, 0) is 44.2 Å². The maximum Gasteiger partial charge on any atom is 0.266 e. The van der Waals surface area contributed by atoms with Gasteiger partial charge in [-0.1, -0.05) is 28.1 Å². The van der Waals surface area contributed by atoms with Crippen LogP contribution in [0, 0.1) is 0 Å². The number of aromatic nitrogens is 2. The summed E-state index contributed by atoms with van der Waals surface area (Å²) in [6.07, 6.45) is 1.41. The largest absolute Gasteiger partial charge is 0.339 e. The lowest BCUT2D eigenvalue weighted by Gasteiger charge is -2.01. The first-order valence-electron chi connectivity index (χ1n) is 8.31. The fraction of sp³-hybridized carbons (Fsp3) is 0.100. The van der Waals surface area contributed by atoms with E-state index in [1.165, 1.54) is 13.0 Å². The van der Waals surface area contributed by atoms with E-state index in [1.54, 1.807) is 17.4 Å². The topological polar surface area (TPSA) is 79.1 Å². The number of nitrogens with one attached hydrogen (secondary N) is 1. The summed E-state index contributed by atoms with van der Waals surface area (Å²) in [5, 5.41) is 9.90. The molecule has 0 radical (unpaired) electrons. The molecule has 2 aromatic carbocycles. The van der Waals surface area contributed by atoms with E-state index in [9.17, 15) is 9.59 Å². The molecule has 0 spiro atoms. The molecule has 4 rings (SSSR count). The van der Waals surface area contributed by atoms with Crippen molar-refractivity contribution in [3.05, 3.63) is 69.1 Å². The lowest BCUT2D eigenvalue weighted by Crippen LogP contribution is -2.13. The van der Waals surface area contributed by atoms with Crippen molar-refractivity contribution >= 4 is 54.9 Å². The smallest absolute Gasteiger partial charge is 0.266 e. The second kappa shape index (κ2) is 6.59. The van der Waals surface area contributed by atoms with Crippen molar-refractivity contribution in [1.29, 1.82) is 0 Å². The van der Waals surface area contributed by atoms with E-state index in [0.29, 0.717) is 22.4 Å². The highest BCUT2D eigenvalue weighted by atomic mass is 79.9. The lowest BCUT2D eigenvalue weighted by atomic mass is 10.2. The zero-order valence-electron chi connectivity index (χ0n) is 14.7. The maximum absolute atomic E-state index is 13.1. The quantitative estimate of drug-likeness (QED) is 0.360. The van der Waals surface area contributed by atoms with Gasteiger partial charge in [0.15, 0.2) is 5.78 Å². The fourth-order valence-electron chi connectivity index (χ4n) is 3.15. The Morgan fingerprint density at radius 3 is 2.70 bits per heavy atom. The molecule has 0 saturated carbocycles. The number of carbonyl (C=O) groups is 1. The van der Waals surface area contributed by atoms with Crippen molar-refractivity contribution in [3.63, 3.8) is 0 Å². The van der Waals surface area contributed by atoms with Gasteiger partial charge in [-0.2, -0.15) is 5.11 Å². The van der Waals surface area contributed by atoms with Crippen LogP contribution in [0.15, 0.2) is 73.7 Å². The number of nitrogens with zero attached hydrogens (tertiary/aromatic N) is 3. The summed E-state index contributed by atoms with van der Waals surface area (Å²) in [6, 6.07) is 13.0. The first kappa shape index (κ1) is 17.4. The highest BCUT2D eigenvalue weighted by Crippen LogP contribution is 2.35. The number of azo groups is 1. The Kier molecular flexibility index (Phi) is 4.24. The highest BCUT2D eigenvalue weighted by molar-refractivity contribution is 9.10. The number of para-hydroxylation sites is 1. The van der Waals surface area contributed by atoms with Gasteiger partial charge in [0.2, 0.25) is 0 Å². The number of hydrogen-bond acceptors (Lipinski definition) is 4. The van der Waals surface area contributed by atoms with Crippen molar-refractivity contribution < 1.29 is 4.79 Å². The van der Waals surface area contributed by atoms with E-state index in [4.69, 9.17) is 0 Å². The fourth-order valence-corrected chi connectivity index (χ4v) is 3.51. The molecule has 7 heteroatoms. The number of hydrogen-bond donors (Lipinski definition) is 1. The van der Waals surface area contributed by atoms with Crippen LogP contribution in [0.5, 0.6) is 0 Å². The SMILES string of the molecule is CC(=O)C=C(C)N=Nc1c2cc(Br)ccc2n2c(=O)c3ccccc3[nH]c12. The molecule has 0 bridgehead atoms. The van der Waals surface area contributed by atoms with Gasteiger partial charge in [0.25, 0.3) is 5.56 Å². The van der Waals surface area contributed by atoms with Gasteiger partial charge < -0.3 is 4.98 Å². The molecule has 134 valence electrons. The molecule has 0 unspecified atom stereocenters. The van der Waals surface area contributed by atoms with Crippen LogP contribution in [-0.2, 0) is 4.79 Å². The molecular weight excluding hydrogens is 408 g/mol. The predicted molar refractivity (Wildman–Crippen MR) is 110 cm³/mol. The van der Waals surface area contributed by atoms with Gasteiger partial charge >= 0.3 is 0 Å². The molecular formula is C20H15BrN4O2. The third-order valence-corrected chi connectivity index (χ3v) is 4.73. The zero-order valence-corrected chi connectivity index (χ0v) is 16.2. The van der Waals surface area contributed by atoms with E-state index >= 15 is 0 Å². The molecule has 2 aromatic heterocycles. The monoisotopic (exact) mass is 422 g/mol. The normalized spacial score (nSPS) is 12.6. The average Bonchev–Trinajstić information content (AvgIpc) is 2.92. The molecule has 0 aliphatic carbocycles. The number of benzene rings is 2. The second-order valence-corrected chi connectivity index (χ2v) is 7.18. The van der Waals surface area contributed by atoms with Gasteiger partial charge in [-0.3, -0.25) is 14.0 Å². The number of halogens is 1. The number of allylic oxidation sites excluding steroid dienone is 2. The number of aromatic amines is 1. The Hall–Kier alpha value is -3.06. The minimum absolute atomic E-state index is 0.0970. The number of rotatable bonds is 3. The summed E-state index contributed by atoms with van der Waals surface area (Å²) in [7, 11) is 0. The summed E-state index contributed by atoms with van der Waals surface area (Å²) < 4.78 is 2.48. The summed E-state index contributed by atoms with van der Waals surface area (Å²) >= 11 is 3.47. The first-order chi connectivity index (χ1) is 13.0. The van der Waals surface area contributed by atoms with Crippen molar-refractivity contribution in [2.75, 3.05) is 0 Å². The molecule has 4 aromatic rings. The molecule has 0 saturated heterocycles. The Bertz CT molecular complexity index is 1350. The molecule has 27 heavy (non-hydrogen) atoms. The van der Waals surface area contributed by atoms with Crippen LogP contribution in [-0.4, -0.2) is 15.2 Å². The minimum Gasteiger partial charge on any atom is -0.339 e. The summed E-state index contributed by atoms with van der Waals surface area (Å²) in [5.74, 6) is -0.0970. The van der Waals surface area contributed by atoms with E-state index in [2.05, 4.69) is 31.1 Å². The van der Waals surface area contributed by atoms with Crippen LogP contribution in [0.4, 0.5) is 5.69 Å². The summed E-state index contributed by atoms with van der Waals surface area (Å²) in [6.45, 7) is 3.17. The van der Waals surface area contributed by atoms with E-state index in [1.807, 2.05) is 36.4 Å².